The van der Waals surface area contributed by atoms with Crippen molar-refractivity contribution in [1.29, 1.82) is 0 Å². The number of nitrogens with one attached hydrogen (secondary N) is 1. The Morgan fingerprint density at radius 3 is 2.75 bits per heavy atom. The number of hydrogen-bond acceptors (Lipinski definition) is 5. The number of carbonyl (C=O) groups excluding carboxylic acids is 1. The van der Waals surface area contributed by atoms with Crippen molar-refractivity contribution in [1.82, 2.24) is 16.5 Å². The Morgan fingerprint density at radius 2 is 2.04 bits per heavy atom. The predicted molar refractivity (Wildman–Crippen MR) is 87.3 cm³/mol. The molecular weight excluding hydrogens is 310 g/mol. The van der Waals surface area contributed by atoms with Crippen LogP contribution in [0.4, 0.5) is 11.5 Å². The van der Waals surface area contributed by atoms with Gasteiger partial charge in [0.25, 0.3) is 11.6 Å². The summed E-state index contributed by atoms with van der Waals surface area (Å²) in [7, 11) is 0. The quantitative estimate of drug-likeness (QED) is 0.679. The third-order valence-electron chi connectivity index (χ3n) is 3.82. The molecule has 1 aromatic carbocycles. The number of pyridine rings is 1. The van der Waals surface area contributed by atoms with Gasteiger partial charge in [0.05, 0.1) is 11.0 Å². The summed E-state index contributed by atoms with van der Waals surface area (Å²) in [6.07, 6.45) is 2.88. The van der Waals surface area contributed by atoms with Gasteiger partial charge in [0.15, 0.2) is 0 Å². The average Bonchev–Trinajstić information content (AvgIpc) is 3.04. The summed E-state index contributed by atoms with van der Waals surface area (Å²) in [5.41, 5.74) is 0.585. The molecule has 123 valence electrons. The van der Waals surface area contributed by atoms with Crippen LogP contribution >= 0.6 is 0 Å². The third kappa shape index (κ3) is 3.66. The van der Waals surface area contributed by atoms with E-state index in [1.807, 2.05) is 23.1 Å². The van der Waals surface area contributed by atoms with E-state index in [9.17, 15) is 14.9 Å². The van der Waals surface area contributed by atoms with E-state index in [1.54, 1.807) is 12.1 Å². The van der Waals surface area contributed by atoms with Gasteiger partial charge in [0, 0.05) is 30.5 Å². The summed E-state index contributed by atoms with van der Waals surface area (Å²) in [6, 6.07) is 11.8. The number of nitro groups is 1. The minimum Gasteiger partial charge on any atom is -0.336 e. The van der Waals surface area contributed by atoms with Gasteiger partial charge in [-0.1, -0.05) is 18.2 Å². The van der Waals surface area contributed by atoms with Gasteiger partial charge < -0.3 is 10.2 Å². The zero-order chi connectivity index (χ0) is 16.2. The molecule has 0 spiro atoms. The molecular formula is C16H16N5O3. The Hall–Kier alpha value is -3.00. The van der Waals surface area contributed by atoms with Crippen molar-refractivity contribution in [3.05, 3.63) is 64.3 Å². The highest BCUT2D eigenvalue weighted by Gasteiger charge is 2.28. The summed E-state index contributed by atoms with van der Waals surface area (Å²) in [4.78, 5) is 28.8. The first-order valence-electron chi connectivity index (χ1n) is 7.38. The van der Waals surface area contributed by atoms with Gasteiger partial charge in [-0.05, 0) is 25.0 Å². The second-order valence-electron chi connectivity index (χ2n) is 5.32. The Balaban J connectivity index is 0.00000208. The van der Waals surface area contributed by atoms with Gasteiger partial charge in [-0.25, -0.2) is 4.98 Å². The van der Waals surface area contributed by atoms with Crippen LogP contribution in [0.25, 0.3) is 0 Å². The molecule has 1 atom stereocenters. The van der Waals surface area contributed by atoms with Crippen LogP contribution in [-0.2, 0) is 0 Å². The predicted octanol–water partition coefficient (Wildman–Crippen LogP) is 1.87. The molecule has 3 rings (SSSR count). The maximum absolute atomic E-state index is 12.3. The maximum Gasteiger partial charge on any atom is 0.274 e. The van der Waals surface area contributed by atoms with Crippen molar-refractivity contribution in [2.24, 2.45) is 0 Å². The Kier molecular flexibility index (Phi) is 5.43. The van der Waals surface area contributed by atoms with Crippen molar-refractivity contribution in [3.8, 4) is 0 Å². The minimum absolute atomic E-state index is 0. The first kappa shape index (κ1) is 17.4. The fraction of sp³-hybridized carbons (Fsp3) is 0.250. The molecule has 2 heterocycles. The van der Waals surface area contributed by atoms with E-state index in [-0.39, 0.29) is 23.9 Å². The Bertz CT molecular complexity index is 723. The largest absolute Gasteiger partial charge is 0.336 e. The summed E-state index contributed by atoms with van der Waals surface area (Å²) in [5, 5.41) is 13.9. The first-order valence-corrected chi connectivity index (χ1v) is 7.38. The van der Waals surface area contributed by atoms with E-state index in [1.165, 1.54) is 18.3 Å². The van der Waals surface area contributed by atoms with E-state index < -0.39 is 4.92 Å². The van der Waals surface area contributed by atoms with Gasteiger partial charge in [0.1, 0.15) is 12.0 Å². The number of hydrogen-bond donors (Lipinski definition) is 1. The lowest BCUT2D eigenvalue weighted by atomic mass is 10.2. The molecule has 1 aliphatic heterocycles. The fourth-order valence-electron chi connectivity index (χ4n) is 2.69. The topological polar surface area (TPSA) is 119 Å². The van der Waals surface area contributed by atoms with Crippen LogP contribution < -0.4 is 16.4 Å². The average molecular weight is 326 g/mol. The lowest BCUT2D eigenvalue weighted by Gasteiger charge is -2.26. The van der Waals surface area contributed by atoms with E-state index in [4.69, 9.17) is 0 Å². The van der Waals surface area contributed by atoms with E-state index in [0.29, 0.717) is 17.9 Å². The molecule has 0 saturated carbocycles. The van der Waals surface area contributed by atoms with Crippen molar-refractivity contribution < 1.29 is 9.72 Å². The first-order chi connectivity index (χ1) is 11.1. The van der Waals surface area contributed by atoms with Crippen LogP contribution in [0.5, 0.6) is 0 Å². The molecule has 1 unspecified atom stereocenters. The van der Waals surface area contributed by atoms with Crippen LogP contribution in [0, 0.1) is 10.1 Å². The van der Waals surface area contributed by atoms with Crippen LogP contribution in [0.2, 0.25) is 0 Å². The molecule has 0 aliphatic carbocycles. The van der Waals surface area contributed by atoms with Crippen LogP contribution in [0.15, 0.2) is 48.7 Å². The molecule has 8 nitrogen and oxygen atoms in total. The van der Waals surface area contributed by atoms with Gasteiger partial charge in [-0.2, -0.15) is 0 Å². The molecule has 24 heavy (non-hydrogen) atoms. The number of amides is 1. The third-order valence-corrected chi connectivity index (χ3v) is 3.82. The molecule has 2 aromatic rings. The molecule has 8 heteroatoms. The number of anilines is 1. The standard InChI is InChI=1S/C16H16N4O3.N/c21-16(12-5-2-1-3-6-12)18-14-7-4-10-19(14)15-11-13(20(22)23)8-9-17-15;/h1-3,5-6,8-9,11,14H,4,7,10H2,(H,18,21);. The molecule has 1 amide bonds. The number of nitrogens with zero attached hydrogens (tertiary/aromatic N) is 4. The van der Waals surface area contributed by atoms with Crippen molar-refractivity contribution in [2.45, 2.75) is 19.0 Å². The fourth-order valence-corrected chi connectivity index (χ4v) is 2.69. The van der Waals surface area contributed by atoms with Gasteiger partial charge in [0.2, 0.25) is 0 Å². The second-order valence-corrected chi connectivity index (χ2v) is 5.32. The van der Waals surface area contributed by atoms with Crippen LogP contribution in [0.1, 0.15) is 23.2 Å². The summed E-state index contributed by atoms with van der Waals surface area (Å²) >= 11 is 0. The number of carbonyl (C=O) groups is 1. The molecule has 1 aromatic heterocycles. The number of rotatable bonds is 4. The van der Waals surface area contributed by atoms with Crippen molar-refractivity contribution in [2.75, 3.05) is 11.4 Å². The number of benzene rings is 1. The van der Waals surface area contributed by atoms with Gasteiger partial charge in [-0.15, -0.1) is 0 Å². The van der Waals surface area contributed by atoms with Crippen LogP contribution in [-0.4, -0.2) is 28.5 Å². The normalized spacial score (nSPS) is 16.3. The zero-order valence-electron chi connectivity index (χ0n) is 12.8. The van der Waals surface area contributed by atoms with Crippen molar-refractivity contribution >= 4 is 17.4 Å². The van der Waals surface area contributed by atoms with E-state index in [0.717, 1.165) is 12.8 Å². The summed E-state index contributed by atoms with van der Waals surface area (Å²) in [5.74, 6) is 0.350. The summed E-state index contributed by atoms with van der Waals surface area (Å²) < 4.78 is 0. The monoisotopic (exact) mass is 326 g/mol. The highest BCUT2D eigenvalue weighted by molar-refractivity contribution is 5.94. The molecule has 1 N–H and O–H groups in total. The molecule has 3 radical (unpaired) electrons. The summed E-state index contributed by atoms with van der Waals surface area (Å²) in [6.45, 7) is 0.702. The lowest BCUT2D eigenvalue weighted by Crippen LogP contribution is -2.44. The molecule has 1 saturated heterocycles. The minimum atomic E-state index is -0.446. The second kappa shape index (κ2) is 7.51. The SMILES string of the molecule is O=C(NC1CCCN1c1cc([N+](=O)[O-])ccn1)c1ccccc1.[N]. The Labute approximate surface area is 139 Å². The van der Waals surface area contributed by atoms with E-state index >= 15 is 0 Å². The van der Waals surface area contributed by atoms with Gasteiger partial charge >= 0.3 is 0 Å². The zero-order valence-corrected chi connectivity index (χ0v) is 12.8. The maximum atomic E-state index is 12.3. The van der Waals surface area contributed by atoms with Crippen molar-refractivity contribution in [3.63, 3.8) is 0 Å². The smallest absolute Gasteiger partial charge is 0.274 e. The highest BCUT2D eigenvalue weighted by atomic mass is 16.6. The molecule has 0 bridgehead atoms. The highest BCUT2D eigenvalue weighted by Crippen LogP contribution is 2.25. The van der Waals surface area contributed by atoms with E-state index in [2.05, 4.69) is 10.3 Å². The molecule has 1 fully saturated rings. The molecule has 1 aliphatic rings. The van der Waals surface area contributed by atoms with Crippen LogP contribution in [0.3, 0.4) is 0 Å². The Morgan fingerprint density at radius 1 is 1.29 bits per heavy atom. The number of aromatic nitrogens is 1. The van der Waals surface area contributed by atoms with Gasteiger partial charge in [-0.3, -0.25) is 14.9 Å². The lowest BCUT2D eigenvalue weighted by molar-refractivity contribution is -0.384.